The largest absolute Gasteiger partial charge is 0.383 e. The smallest absolute Gasteiger partial charge is 0.249 e. The lowest BCUT2D eigenvalue weighted by Gasteiger charge is -2.25. The van der Waals surface area contributed by atoms with Gasteiger partial charge in [0.2, 0.25) is 11.8 Å². The number of carbonyl (C=O) groups excluding carboxylic acids is 2. The number of hydrogen-bond acceptors (Lipinski definition) is 5. The van der Waals surface area contributed by atoms with Crippen molar-refractivity contribution in [2.45, 2.75) is 45.1 Å². The van der Waals surface area contributed by atoms with E-state index >= 15 is 0 Å². The van der Waals surface area contributed by atoms with Crippen molar-refractivity contribution in [3.63, 3.8) is 0 Å². The van der Waals surface area contributed by atoms with Gasteiger partial charge in [-0.15, -0.1) is 0 Å². The molecule has 0 aromatic heterocycles. The first-order valence-corrected chi connectivity index (χ1v) is 8.93. The molecule has 0 heterocycles. The van der Waals surface area contributed by atoms with E-state index in [1.54, 1.807) is 26.2 Å². The topological polar surface area (TPSA) is 102 Å². The maximum atomic E-state index is 12.4. The first kappa shape index (κ1) is 22.1. The van der Waals surface area contributed by atoms with Crippen LogP contribution in [-0.4, -0.2) is 59.9 Å². The van der Waals surface area contributed by atoms with Crippen LogP contribution in [0.4, 0.5) is 0 Å². The standard InChI is InChI=1S/C19H31N3O4/c1-5-9-13(2)17(24)18(25)20-12-15(23)21-16(19(26)22(3)4)14-10-7-6-8-11-14/h6-8,10-11,13,15-17,21,23-24H,5,9,12H2,1-4H3,(H,20,25). The zero-order chi connectivity index (χ0) is 19.7. The normalized spacial score (nSPS) is 15.6. The van der Waals surface area contributed by atoms with Gasteiger partial charge < -0.3 is 20.4 Å². The summed E-state index contributed by atoms with van der Waals surface area (Å²) in [5, 5.41) is 25.5. The highest BCUT2D eigenvalue weighted by atomic mass is 16.3. The highest BCUT2D eigenvalue weighted by Gasteiger charge is 2.26. The number of nitrogens with zero attached hydrogens (tertiary/aromatic N) is 1. The highest BCUT2D eigenvalue weighted by Crippen LogP contribution is 2.15. The zero-order valence-electron chi connectivity index (χ0n) is 16.0. The van der Waals surface area contributed by atoms with Crippen LogP contribution >= 0.6 is 0 Å². The SMILES string of the molecule is CCCC(C)C(O)C(=O)NCC(O)NC(C(=O)N(C)C)c1ccccc1. The summed E-state index contributed by atoms with van der Waals surface area (Å²) < 4.78 is 0. The molecule has 7 nitrogen and oxygen atoms in total. The van der Waals surface area contributed by atoms with Gasteiger partial charge in [-0.2, -0.15) is 0 Å². The minimum Gasteiger partial charge on any atom is -0.383 e. The third-order valence-corrected chi connectivity index (χ3v) is 4.20. The van der Waals surface area contributed by atoms with E-state index in [-0.39, 0.29) is 18.4 Å². The van der Waals surface area contributed by atoms with Crippen molar-refractivity contribution in [2.75, 3.05) is 20.6 Å². The van der Waals surface area contributed by atoms with E-state index < -0.39 is 24.3 Å². The van der Waals surface area contributed by atoms with Crippen LogP contribution in [0.1, 0.15) is 38.3 Å². The van der Waals surface area contributed by atoms with Gasteiger partial charge in [0.15, 0.2) is 0 Å². The summed E-state index contributed by atoms with van der Waals surface area (Å²) in [6.45, 7) is 3.68. The first-order chi connectivity index (χ1) is 12.3. The summed E-state index contributed by atoms with van der Waals surface area (Å²) in [4.78, 5) is 25.8. The number of aliphatic hydroxyl groups is 2. The summed E-state index contributed by atoms with van der Waals surface area (Å²) in [5.74, 6) is -0.891. The third-order valence-electron chi connectivity index (χ3n) is 4.20. The van der Waals surface area contributed by atoms with E-state index in [9.17, 15) is 19.8 Å². The van der Waals surface area contributed by atoms with Gasteiger partial charge in [0, 0.05) is 14.1 Å². The summed E-state index contributed by atoms with van der Waals surface area (Å²) in [6, 6.07) is 8.32. The fourth-order valence-electron chi connectivity index (χ4n) is 2.64. The Morgan fingerprint density at radius 2 is 1.77 bits per heavy atom. The fraction of sp³-hybridized carbons (Fsp3) is 0.579. The van der Waals surface area contributed by atoms with E-state index in [1.165, 1.54) is 4.90 Å². The van der Waals surface area contributed by atoms with Crippen LogP contribution in [0.5, 0.6) is 0 Å². The maximum Gasteiger partial charge on any atom is 0.249 e. The Morgan fingerprint density at radius 3 is 2.31 bits per heavy atom. The van der Waals surface area contributed by atoms with E-state index in [4.69, 9.17) is 0 Å². The van der Waals surface area contributed by atoms with Gasteiger partial charge in [-0.3, -0.25) is 14.9 Å². The second kappa shape index (κ2) is 10.9. The lowest BCUT2D eigenvalue weighted by molar-refractivity contribution is -0.133. The highest BCUT2D eigenvalue weighted by molar-refractivity contribution is 5.83. The van der Waals surface area contributed by atoms with Gasteiger partial charge in [0.25, 0.3) is 0 Å². The average molecular weight is 365 g/mol. The van der Waals surface area contributed by atoms with E-state index in [2.05, 4.69) is 10.6 Å². The molecule has 0 bridgehead atoms. The molecule has 0 aliphatic carbocycles. The molecule has 1 rings (SSSR count). The molecule has 4 atom stereocenters. The molecule has 0 radical (unpaired) electrons. The summed E-state index contributed by atoms with van der Waals surface area (Å²) >= 11 is 0. The zero-order valence-corrected chi connectivity index (χ0v) is 16.0. The number of aliphatic hydroxyl groups excluding tert-OH is 2. The Hall–Kier alpha value is -1.96. The molecule has 2 amide bonds. The summed E-state index contributed by atoms with van der Waals surface area (Å²) in [7, 11) is 3.28. The van der Waals surface area contributed by atoms with Gasteiger partial charge >= 0.3 is 0 Å². The number of amides is 2. The number of likely N-dealkylation sites (N-methyl/N-ethyl adjacent to an activating group) is 1. The monoisotopic (exact) mass is 365 g/mol. The Morgan fingerprint density at radius 1 is 1.15 bits per heavy atom. The van der Waals surface area contributed by atoms with Crippen molar-refractivity contribution in [1.29, 1.82) is 0 Å². The molecule has 0 saturated heterocycles. The van der Waals surface area contributed by atoms with Crippen molar-refractivity contribution >= 4 is 11.8 Å². The van der Waals surface area contributed by atoms with Crippen molar-refractivity contribution < 1.29 is 19.8 Å². The van der Waals surface area contributed by atoms with Gasteiger partial charge in [-0.05, 0) is 17.9 Å². The summed E-state index contributed by atoms with van der Waals surface area (Å²) in [6.07, 6.45) is -0.638. The molecule has 26 heavy (non-hydrogen) atoms. The number of hydrogen-bond donors (Lipinski definition) is 4. The molecule has 4 N–H and O–H groups in total. The van der Waals surface area contributed by atoms with Gasteiger partial charge in [0.05, 0.1) is 6.54 Å². The van der Waals surface area contributed by atoms with Crippen LogP contribution < -0.4 is 10.6 Å². The van der Waals surface area contributed by atoms with Crippen LogP contribution in [-0.2, 0) is 9.59 Å². The van der Waals surface area contributed by atoms with Gasteiger partial charge in [0.1, 0.15) is 18.4 Å². The molecular weight excluding hydrogens is 334 g/mol. The first-order valence-electron chi connectivity index (χ1n) is 8.93. The molecule has 0 aliphatic heterocycles. The maximum absolute atomic E-state index is 12.4. The molecule has 0 spiro atoms. The van der Waals surface area contributed by atoms with Crippen molar-refractivity contribution in [2.24, 2.45) is 5.92 Å². The van der Waals surface area contributed by atoms with Crippen molar-refractivity contribution in [1.82, 2.24) is 15.5 Å². The van der Waals surface area contributed by atoms with E-state index in [0.29, 0.717) is 5.56 Å². The number of rotatable bonds is 10. The van der Waals surface area contributed by atoms with E-state index in [0.717, 1.165) is 12.8 Å². The quantitative estimate of drug-likeness (QED) is 0.456. The number of nitrogens with one attached hydrogen (secondary N) is 2. The second-order valence-electron chi connectivity index (χ2n) is 6.71. The van der Waals surface area contributed by atoms with Crippen LogP contribution in [0.25, 0.3) is 0 Å². The Bertz CT molecular complexity index is 565. The van der Waals surface area contributed by atoms with Crippen LogP contribution in [0, 0.1) is 5.92 Å². The lowest BCUT2D eigenvalue weighted by atomic mass is 9.99. The van der Waals surface area contributed by atoms with Crippen LogP contribution in [0.2, 0.25) is 0 Å². The summed E-state index contributed by atoms with van der Waals surface area (Å²) in [5.41, 5.74) is 0.716. The molecule has 0 fully saturated rings. The molecular formula is C19H31N3O4. The second-order valence-corrected chi connectivity index (χ2v) is 6.71. The minimum atomic E-state index is -1.14. The predicted octanol–water partition coefficient (Wildman–Crippen LogP) is 0.637. The molecule has 1 aromatic carbocycles. The fourth-order valence-corrected chi connectivity index (χ4v) is 2.64. The average Bonchev–Trinajstić information content (AvgIpc) is 2.63. The van der Waals surface area contributed by atoms with Gasteiger partial charge in [-0.25, -0.2) is 0 Å². The van der Waals surface area contributed by atoms with Gasteiger partial charge in [-0.1, -0.05) is 50.6 Å². The molecule has 4 unspecified atom stereocenters. The van der Waals surface area contributed by atoms with Crippen LogP contribution in [0.15, 0.2) is 30.3 Å². The number of carbonyl (C=O) groups is 2. The van der Waals surface area contributed by atoms with E-state index in [1.807, 2.05) is 32.0 Å². The predicted molar refractivity (Wildman–Crippen MR) is 100 cm³/mol. The minimum absolute atomic E-state index is 0.112. The Balaban J connectivity index is 2.66. The Kier molecular flexibility index (Phi) is 9.26. The van der Waals surface area contributed by atoms with Crippen LogP contribution in [0.3, 0.4) is 0 Å². The number of benzene rings is 1. The lowest BCUT2D eigenvalue weighted by Crippen LogP contribution is -2.49. The molecule has 146 valence electrons. The third kappa shape index (κ3) is 6.74. The van der Waals surface area contributed by atoms with Crippen molar-refractivity contribution in [3.05, 3.63) is 35.9 Å². The molecule has 0 aliphatic rings. The molecule has 7 heteroatoms. The molecule has 0 saturated carbocycles. The van der Waals surface area contributed by atoms with Crippen molar-refractivity contribution in [3.8, 4) is 0 Å². The molecule has 1 aromatic rings. The Labute approximate surface area is 155 Å².